The fourth-order valence-electron chi connectivity index (χ4n) is 2.10. The number of rotatable bonds is 5. The van der Waals surface area contributed by atoms with Crippen molar-refractivity contribution in [2.75, 3.05) is 19.6 Å². The zero-order chi connectivity index (χ0) is 11.3. The molecule has 1 aliphatic rings. The van der Waals surface area contributed by atoms with Gasteiger partial charge in [-0.05, 0) is 38.3 Å². The van der Waals surface area contributed by atoms with E-state index in [2.05, 4.69) is 6.92 Å². The van der Waals surface area contributed by atoms with Gasteiger partial charge in [0.25, 0.3) is 0 Å². The number of hydrogen-bond donors (Lipinski definition) is 2. The van der Waals surface area contributed by atoms with Crippen molar-refractivity contribution >= 4 is 11.7 Å². The van der Waals surface area contributed by atoms with Gasteiger partial charge in [0.05, 0.1) is 6.54 Å². The minimum Gasteiger partial charge on any atom is -0.480 e. The summed E-state index contributed by atoms with van der Waals surface area (Å²) < 4.78 is 0. The van der Waals surface area contributed by atoms with Gasteiger partial charge >= 0.3 is 5.97 Å². The highest BCUT2D eigenvalue weighted by molar-refractivity contribution is 5.83. The van der Waals surface area contributed by atoms with Crippen LogP contribution in [0.1, 0.15) is 32.6 Å². The Kier molecular flexibility index (Phi) is 4.75. The highest BCUT2D eigenvalue weighted by Crippen LogP contribution is 2.19. The first-order valence-corrected chi connectivity index (χ1v) is 5.65. The van der Waals surface area contributed by atoms with E-state index in [0.29, 0.717) is 5.92 Å². The smallest absolute Gasteiger partial charge is 0.317 e. The van der Waals surface area contributed by atoms with Gasteiger partial charge in [0.2, 0.25) is 0 Å². The Morgan fingerprint density at radius 2 is 2.07 bits per heavy atom. The molecule has 1 fully saturated rings. The zero-order valence-corrected chi connectivity index (χ0v) is 9.33. The minimum atomic E-state index is -0.753. The molecule has 0 saturated carbocycles. The third-order valence-corrected chi connectivity index (χ3v) is 2.96. The second-order valence-corrected chi connectivity index (χ2v) is 4.22. The number of carboxylic acid groups (broad SMARTS) is 1. The topological polar surface area (TPSA) is 64.4 Å². The molecule has 0 aromatic rings. The van der Waals surface area contributed by atoms with E-state index in [1.807, 2.05) is 4.90 Å². The van der Waals surface area contributed by atoms with Gasteiger partial charge in [-0.3, -0.25) is 9.69 Å². The lowest BCUT2D eigenvalue weighted by Crippen LogP contribution is -2.39. The number of hydrogen-bond acceptors (Lipinski definition) is 3. The molecule has 1 rings (SSSR count). The van der Waals surface area contributed by atoms with Crippen LogP contribution in [0.4, 0.5) is 0 Å². The highest BCUT2D eigenvalue weighted by atomic mass is 16.4. The van der Waals surface area contributed by atoms with Gasteiger partial charge in [-0.15, -0.1) is 0 Å². The molecule has 0 aliphatic carbocycles. The number of nitrogens with zero attached hydrogens (tertiary/aromatic N) is 1. The third-order valence-electron chi connectivity index (χ3n) is 2.96. The molecule has 0 aromatic carbocycles. The molecular formula is C11H20N2O2. The van der Waals surface area contributed by atoms with Gasteiger partial charge < -0.3 is 10.5 Å². The molecule has 2 N–H and O–H groups in total. The van der Waals surface area contributed by atoms with Gasteiger partial charge in [0.1, 0.15) is 0 Å². The molecule has 15 heavy (non-hydrogen) atoms. The van der Waals surface area contributed by atoms with Crippen LogP contribution in [0.2, 0.25) is 0 Å². The zero-order valence-electron chi connectivity index (χ0n) is 9.33. The summed E-state index contributed by atoms with van der Waals surface area (Å²) in [6.45, 7) is 3.88. The standard InChI is InChI=1S/C11H20N2O2/c1-2-3-10(12)9-4-6-13(7-5-9)8-11(14)15/h9,12H,2-8H2,1H3,(H,14,15). The number of nitrogens with one attached hydrogen (secondary N) is 1. The van der Waals surface area contributed by atoms with Crippen LogP contribution < -0.4 is 0 Å². The largest absolute Gasteiger partial charge is 0.480 e. The van der Waals surface area contributed by atoms with Gasteiger partial charge in [0, 0.05) is 5.71 Å². The summed E-state index contributed by atoms with van der Waals surface area (Å²) in [5, 5.41) is 16.5. The SMILES string of the molecule is CCCC(=N)C1CCN(CC(=O)O)CC1. The molecule has 1 aliphatic heterocycles. The van der Waals surface area contributed by atoms with Crippen molar-refractivity contribution in [1.82, 2.24) is 4.90 Å². The van der Waals surface area contributed by atoms with E-state index in [1.165, 1.54) is 0 Å². The van der Waals surface area contributed by atoms with Crippen molar-refractivity contribution in [1.29, 1.82) is 5.41 Å². The maximum atomic E-state index is 10.5. The molecule has 4 nitrogen and oxygen atoms in total. The minimum absolute atomic E-state index is 0.147. The summed E-state index contributed by atoms with van der Waals surface area (Å²) >= 11 is 0. The molecule has 0 radical (unpaired) electrons. The molecule has 0 amide bonds. The monoisotopic (exact) mass is 212 g/mol. The molecule has 1 heterocycles. The van der Waals surface area contributed by atoms with Crippen LogP contribution in [0.25, 0.3) is 0 Å². The number of carboxylic acids is 1. The van der Waals surface area contributed by atoms with Gasteiger partial charge in [-0.2, -0.15) is 0 Å². The molecule has 86 valence electrons. The van der Waals surface area contributed by atoms with Crippen molar-refractivity contribution in [3.8, 4) is 0 Å². The van der Waals surface area contributed by atoms with Crippen LogP contribution in [0.3, 0.4) is 0 Å². The Morgan fingerprint density at radius 1 is 1.47 bits per heavy atom. The number of piperidine rings is 1. The average molecular weight is 212 g/mol. The lowest BCUT2D eigenvalue weighted by atomic mass is 9.90. The van der Waals surface area contributed by atoms with Crippen molar-refractivity contribution in [3.63, 3.8) is 0 Å². The van der Waals surface area contributed by atoms with Crippen molar-refractivity contribution in [3.05, 3.63) is 0 Å². The molecule has 0 bridgehead atoms. The van der Waals surface area contributed by atoms with Crippen LogP contribution >= 0.6 is 0 Å². The first-order chi connectivity index (χ1) is 7.13. The molecule has 1 saturated heterocycles. The normalized spacial score (nSPS) is 19.0. The van der Waals surface area contributed by atoms with E-state index in [9.17, 15) is 4.79 Å². The summed E-state index contributed by atoms with van der Waals surface area (Å²) in [7, 11) is 0. The molecular weight excluding hydrogens is 192 g/mol. The van der Waals surface area contributed by atoms with Crippen LogP contribution in [0.15, 0.2) is 0 Å². The molecule has 0 aromatic heterocycles. The highest BCUT2D eigenvalue weighted by Gasteiger charge is 2.22. The first-order valence-electron chi connectivity index (χ1n) is 5.65. The summed E-state index contributed by atoms with van der Waals surface area (Å²) in [6.07, 6.45) is 3.83. The summed E-state index contributed by atoms with van der Waals surface area (Å²) in [5.74, 6) is -0.355. The number of carbonyl (C=O) groups is 1. The van der Waals surface area contributed by atoms with Gasteiger partial charge in [-0.25, -0.2) is 0 Å². The van der Waals surface area contributed by atoms with Gasteiger partial charge in [-0.1, -0.05) is 13.3 Å². The third kappa shape index (κ3) is 4.00. The van der Waals surface area contributed by atoms with Crippen LogP contribution in [0.5, 0.6) is 0 Å². The van der Waals surface area contributed by atoms with E-state index in [0.717, 1.165) is 44.5 Å². The Morgan fingerprint density at radius 3 is 2.53 bits per heavy atom. The van der Waals surface area contributed by atoms with Crippen molar-refractivity contribution < 1.29 is 9.90 Å². The summed E-state index contributed by atoms with van der Waals surface area (Å²) in [6, 6.07) is 0. The van der Waals surface area contributed by atoms with E-state index >= 15 is 0 Å². The van der Waals surface area contributed by atoms with Crippen LogP contribution in [-0.4, -0.2) is 41.3 Å². The Bertz CT molecular complexity index is 233. The second kappa shape index (κ2) is 5.85. The van der Waals surface area contributed by atoms with E-state index in [4.69, 9.17) is 10.5 Å². The predicted octanol–water partition coefficient (Wildman–Crippen LogP) is 1.60. The Balaban J connectivity index is 2.29. The van der Waals surface area contributed by atoms with Crippen LogP contribution in [-0.2, 0) is 4.79 Å². The molecule has 4 heteroatoms. The van der Waals surface area contributed by atoms with E-state index in [1.54, 1.807) is 0 Å². The average Bonchev–Trinajstić information content (AvgIpc) is 2.18. The maximum Gasteiger partial charge on any atom is 0.317 e. The predicted molar refractivity (Wildman–Crippen MR) is 59.4 cm³/mol. The summed E-state index contributed by atoms with van der Waals surface area (Å²) in [5.41, 5.74) is 0.854. The summed E-state index contributed by atoms with van der Waals surface area (Å²) in [4.78, 5) is 12.5. The molecule has 0 atom stereocenters. The lowest BCUT2D eigenvalue weighted by Gasteiger charge is -2.31. The Hall–Kier alpha value is -0.900. The molecule has 0 unspecified atom stereocenters. The van der Waals surface area contributed by atoms with Gasteiger partial charge in [0.15, 0.2) is 0 Å². The quantitative estimate of drug-likeness (QED) is 0.680. The maximum absolute atomic E-state index is 10.5. The number of aliphatic carboxylic acids is 1. The second-order valence-electron chi connectivity index (χ2n) is 4.22. The van der Waals surface area contributed by atoms with E-state index < -0.39 is 5.97 Å². The molecule has 0 spiro atoms. The Labute approximate surface area is 90.8 Å². The first kappa shape index (κ1) is 12.2. The fraction of sp³-hybridized carbons (Fsp3) is 0.818. The lowest BCUT2D eigenvalue weighted by molar-refractivity contribution is -0.138. The van der Waals surface area contributed by atoms with Crippen LogP contribution in [0, 0.1) is 11.3 Å². The van der Waals surface area contributed by atoms with E-state index in [-0.39, 0.29) is 6.54 Å². The fourth-order valence-corrected chi connectivity index (χ4v) is 2.10. The van der Waals surface area contributed by atoms with Crippen molar-refractivity contribution in [2.45, 2.75) is 32.6 Å². The number of likely N-dealkylation sites (tertiary alicyclic amines) is 1. The van der Waals surface area contributed by atoms with Crippen molar-refractivity contribution in [2.24, 2.45) is 5.92 Å².